The third-order valence-electron chi connectivity index (χ3n) is 3.36. The standard InChI is InChI=1S/C12H17N3O4.ClH/c13-6-5-9-2-1-7-14(8-9)12(16)10-3-4-11(19-10)15(17)18;/h3-4,9H,1-2,5-8,13H2;1H. The number of likely N-dealkylation sites (tertiary alicyclic amines) is 1. The number of halogens is 1. The van der Waals surface area contributed by atoms with Gasteiger partial charge in [-0.15, -0.1) is 12.4 Å². The van der Waals surface area contributed by atoms with Gasteiger partial charge in [0.15, 0.2) is 5.76 Å². The lowest BCUT2D eigenvalue weighted by molar-refractivity contribution is -0.402. The molecule has 2 N–H and O–H groups in total. The van der Waals surface area contributed by atoms with Crippen molar-refractivity contribution in [3.63, 3.8) is 0 Å². The highest BCUT2D eigenvalue weighted by molar-refractivity contribution is 5.91. The maximum Gasteiger partial charge on any atom is 0.433 e. The molecule has 0 saturated carbocycles. The van der Waals surface area contributed by atoms with Gasteiger partial charge in [-0.3, -0.25) is 14.9 Å². The summed E-state index contributed by atoms with van der Waals surface area (Å²) in [6.07, 6.45) is 2.89. The van der Waals surface area contributed by atoms with Crippen LogP contribution in [-0.4, -0.2) is 35.4 Å². The zero-order chi connectivity index (χ0) is 13.8. The number of carbonyl (C=O) groups excluding carboxylic acids is 1. The molecule has 0 aliphatic carbocycles. The van der Waals surface area contributed by atoms with Crippen LogP contribution in [0.15, 0.2) is 16.5 Å². The number of nitro groups is 1. The van der Waals surface area contributed by atoms with Gasteiger partial charge in [0.1, 0.15) is 4.92 Å². The molecule has 2 rings (SSSR count). The fourth-order valence-electron chi connectivity index (χ4n) is 2.42. The van der Waals surface area contributed by atoms with Crippen LogP contribution in [-0.2, 0) is 0 Å². The summed E-state index contributed by atoms with van der Waals surface area (Å²) in [6.45, 7) is 1.91. The molecule has 0 spiro atoms. The van der Waals surface area contributed by atoms with Crippen molar-refractivity contribution in [1.29, 1.82) is 0 Å². The second-order valence-electron chi connectivity index (χ2n) is 4.73. The first kappa shape index (κ1) is 16.5. The fourth-order valence-corrected chi connectivity index (χ4v) is 2.42. The van der Waals surface area contributed by atoms with Gasteiger partial charge in [-0.2, -0.15) is 0 Å². The van der Waals surface area contributed by atoms with Crippen molar-refractivity contribution in [1.82, 2.24) is 4.90 Å². The molecule has 7 nitrogen and oxygen atoms in total. The Hall–Kier alpha value is -1.60. The zero-order valence-electron chi connectivity index (χ0n) is 11.0. The lowest BCUT2D eigenvalue weighted by Gasteiger charge is -2.32. The lowest BCUT2D eigenvalue weighted by atomic mass is 9.95. The average Bonchev–Trinajstić information content (AvgIpc) is 2.88. The number of hydrogen-bond donors (Lipinski definition) is 1. The molecule has 1 aliphatic rings. The van der Waals surface area contributed by atoms with Gasteiger partial charge in [-0.25, -0.2) is 0 Å². The van der Waals surface area contributed by atoms with Gasteiger partial charge in [-0.05, 0) is 37.8 Å². The van der Waals surface area contributed by atoms with Gasteiger partial charge >= 0.3 is 5.88 Å². The van der Waals surface area contributed by atoms with Gasteiger partial charge in [-0.1, -0.05) is 0 Å². The Kier molecular flexibility index (Phi) is 5.97. The lowest BCUT2D eigenvalue weighted by Crippen LogP contribution is -2.40. The van der Waals surface area contributed by atoms with Crippen LogP contribution in [0.3, 0.4) is 0 Å². The molecule has 1 aromatic heterocycles. The minimum absolute atomic E-state index is 0. The number of piperidine rings is 1. The summed E-state index contributed by atoms with van der Waals surface area (Å²) in [5.74, 6) is -0.249. The van der Waals surface area contributed by atoms with E-state index in [1.54, 1.807) is 4.90 Å². The second kappa shape index (κ2) is 7.25. The van der Waals surface area contributed by atoms with Crippen LogP contribution in [0.4, 0.5) is 5.88 Å². The average molecular weight is 304 g/mol. The Morgan fingerprint density at radius 3 is 2.90 bits per heavy atom. The summed E-state index contributed by atoms with van der Waals surface area (Å²) in [5.41, 5.74) is 5.53. The first-order valence-corrected chi connectivity index (χ1v) is 6.35. The molecular weight excluding hydrogens is 286 g/mol. The first-order chi connectivity index (χ1) is 9.11. The number of rotatable bonds is 4. The van der Waals surface area contributed by atoms with Crippen molar-refractivity contribution in [3.8, 4) is 0 Å². The molecule has 8 heteroatoms. The van der Waals surface area contributed by atoms with E-state index in [0.29, 0.717) is 25.6 Å². The summed E-state index contributed by atoms with van der Waals surface area (Å²) in [5, 5.41) is 10.5. The van der Waals surface area contributed by atoms with Gasteiger partial charge < -0.3 is 15.1 Å². The van der Waals surface area contributed by atoms with E-state index in [9.17, 15) is 14.9 Å². The van der Waals surface area contributed by atoms with E-state index in [4.69, 9.17) is 10.2 Å². The van der Waals surface area contributed by atoms with Gasteiger partial charge in [0.05, 0.1) is 6.07 Å². The minimum atomic E-state index is -0.649. The van der Waals surface area contributed by atoms with Crippen LogP contribution in [0.2, 0.25) is 0 Å². The number of furan rings is 1. The topological polar surface area (TPSA) is 103 Å². The van der Waals surface area contributed by atoms with Crippen LogP contribution in [0.1, 0.15) is 29.8 Å². The van der Waals surface area contributed by atoms with E-state index in [-0.39, 0.29) is 24.1 Å². The molecule has 1 fully saturated rings. The minimum Gasteiger partial charge on any atom is -0.395 e. The van der Waals surface area contributed by atoms with Gasteiger partial charge in [0.2, 0.25) is 0 Å². The summed E-state index contributed by atoms with van der Waals surface area (Å²) < 4.78 is 4.94. The highest BCUT2D eigenvalue weighted by atomic mass is 35.5. The van der Waals surface area contributed by atoms with Crippen molar-refractivity contribution in [2.24, 2.45) is 11.7 Å². The smallest absolute Gasteiger partial charge is 0.395 e. The van der Waals surface area contributed by atoms with Crippen LogP contribution < -0.4 is 5.73 Å². The van der Waals surface area contributed by atoms with Crippen LogP contribution in [0.5, 0.6) is 0 Å². The van der Waals surface area contributed by atoms with Gasteiger partial charge in [0.25, 0.3) is 5.91 Å². The third-order valence-corrected chi connectivity index (χ3v) is 3.36. The predicted octanol–water partition coefficient (Wildman–Crippen LogP) is 1.81. The highest BCUT2D eigenvalue weighted by Crippen LogP contribution is 2.23. The van der Waals surface area contributed by atoms with Crippen LogP contribution in [0, 0.1) is 16.0 Å². The molecule has 1 amide bonds. The summed E-state index contributed by atoms with van der Waals surface area (Å²) >= 11 is 0. The van der Waals surface area contributed by atoms with E-state index in [1.165, 1.54) is 12.1 Å². The molecule has 1 unspecified atom stereocenters. The molecule has 0 aromatic carbocycles. The number of hydrogen-bond acceptors (Lipinski definition) is 5. The first-order valence-electron chi connectivity index (χ1n) is 6.35. The molecule has 2 heterocycles. The SMILES string of the molecule is Cl.NCCC1CCCN(C(=O)c2ccc([N+](=O)[O-])o2)C1. The highest BCUT2D eigenvalue weighted by Gasteiger charge is 2.27. The summed E-state index contributed by atoms with van der Waals surface area (Å²) in [7, 11) is 0. The van der Waals surface area contributed by atoms with Crippen molar-refractivity contribution in [3.05, 3.63) is 28.0 Å². The van der Waals surface area contributed by atoms with Crippen molar-refractivity contribution >= 4 is 24.2 Å². The monoisotopic (exact) mass is 303 g/mol. The quantitative estimate of drug-likeness (QED) is 0.675. The molecule has 0 radical (unpaired) electrons. The van der Waals surface area contributed by atoms with E-state index in [1.807, 2.05) is 0 Å². The van der Waals surface area contributed by atoms with Crippen molar-refractivity contribution in [2.75, 3.05) is 19.6 Å². The largest absolute Gasteiger partial charge is 0.433 e. The van der Waals surface area contributed by atoms with E-state index in [2.05, 4.69) is 0 Å². The number of nitrogens with zero attached hydrogens (tertiary/aromatic N) is 2. The van der Waals surface area contributed by atoms with Gasteiger partial charge in [0, 0.05) is 13.1 Å². The van der Waals surface area contributed by atoms with Crippen LogP contribution >= 0.6 is 12.4 Å². The van der Waals surface area contributed by atoms with Crippen molar-refractivity contribution in [2.45, 2.75) is 19.3 Å². The molecule has 20 heavy (non-hydrogen) atoms. The molecule has 1 aliphatic heterocycles. The van der Waals surface area contributed by atoms with E-state index >= 15 is 0 Å². The maximum atomic E-state index is 12.2. The Labute approximate surface area is 122 Å². The molecule has 1 saturated heterocycles. The molecular formula is C12H18ClN3O4. The predicted molar refractivity (Wildman–Crippen MR) is 74.9 cm³/mol. The zero-order valence-corrected chi connectivity index (χ0v) is 11.8. The maximum absolute atomic E-state index is 12.2. The molecule has 0 bridgehead atoms. The Bertz CT molecular complexity index is 475. The normalized spacial score (nSPS) is 18.4. The number of carbonyl (C=O) groups is 1. The Morgan fingerprint density at radius 1 is 1.55 bits per heavy atom. The molecule has 1 atom stereocenters. The fraction of sp³-hybridized carbons (Fsp3) is 0.583. The number of nitrogens with two attached hydrogens (primary N) is 1. The Balaban J connectivity index is 0.00000200. The molecule has 112 valence electrons. The van der Waals surface area contributed by atoms with Crippen molar-refractivity contribution < 1.29 is 14.1 Å². The number of amides is 1. The third kappa shape index (κ3) is 3.71. The summed E-state index contributed by atoms with van der Waals surface area (Å²) in [4.78, 5) is 23.7. The molecule has 1 aromatic rings. The summed E-state index contributed by atoms with van der Waals surface area (Å²) in [6, 6.07) is 2.56. The Morgan fingerprint density at radius 2 is 2.30 bits per heavy atom. The second-order valence-corrected chi connectivity index (χ2v) is 4.73. The van der Waals surface area contributed by atoms with E-state index in [0.717, 1.165) is 19.3 Å². The van der Waals surface area contributed by atoms with Crippen LogP contribution in [0.25, 0.3) is 0 Å². The van der Waals surface area contributed by atoms with E-state index < -0.39 is 10.8 Å².